The van der Waals surface area contributed by atoms with E-state index in [0.29, 0.717) is 17.0 Å². The summed E-state index contributed by atoms with van der Waals surface area (Å²) in [5.74, 6) is 0.908. The molecule has 26 heavy (non-hydrogen) atoms. The zero-order valence-electron chi connectivity index (χ0n) is 15.5. The lowest BCUT2D eigenvalue weighted by Crippen LogP contribution is -2.36. The highest BCUT2D eigenvalue weighted by atomic mass is 19.1. The van der Waals surface area contributed by atoms with Crippen LogP contribution < -0.4 is 5.32 Å². The van der Waals surface area contributed by atoms with E-state index < -0.39 is 0 Å². The number of halogens is 1. The van der Waals surface area contributed by atoms with Crippen LogP contribution in [0, 0.1) is 11.2 Å². The smallest absolute Gasteiger partial charge is 0.134 e. The van der Waals surface area contributed by atoms with E-state index in [9.17, 15) is 0 Å². The van der Waals surface area contributed by atoms with E-state index >= 15 is 4.39 Å². The van der Waals surface area contributed by atoms with Crippen molar-refractivity contribution in [3.63, 3.8) is 0 Å². The minimum Gasteiger partial charge on any atom is -0.373 e. The Kier molecular flexibility index (Phi) is 4.47. The Hall–Kier alpha value is -2.29. The molecular weight excluding hydrogens is 323 g/mol. The van der Waals surface area contributed by atoms with E-state index in [1.807, 2.05) is 48.5 Å². The van der Waals surface area contributed by atoms with Crippen molar-refractivity contribution in [2.75, 3.05) is 13.1 Å². The summed E-state index contributed by atoms with van der Waals surface area (Å²) in [6.07, 6.45) is 4.48. The second-order valence-electron chi connectivity index (χ2n) is 7.81. The molecule has 2 nitrogen and oxygen atoms in total. The predicted octanol–water partition coefficient (Wildman–Crippen LogP) is 4.97. The molecule has 4 rings (SSSR count). The summed E-state index contributed by atoms with van der Waals surface area (Å²) in [6, 6.07) is 15.9. The van der Waals surface area contributed by atoms with Crippen LogP contribution in [0.5, 0.6) is 0 Å². The molecule has 1 aliphatic heterocycles. The lowest BCUT2D eigenvalue weighted by atomic mass is 9.95. The highest BCUT2D eigenvalue weighted by Crippen LogP contribution is 2.55. The SMILES string of the molecule is C=C(NCC)N1CC2(CC2)C[C@@H]1Cc1cccc(-c2ccccc2)c1F. The second-order valence-corrected chi connectivity index (χ2v) is 7.81. The van der Waals surface area contributed by atoms with Crippen LogP contribution in [0.1, 0.15) is 31.7 Å². The molecule has 1 saturated carbocycles. The van der Waals surface area contributed by atoms with Crippen molar-refractivity contribution in [1.82, 2.24) is 10.2 Å². The summed E-state index contributed by atoms with van der Waals surface area (Å²) in [5.41, 5.74) is 2.89. The van der Waals surface area contributed by atoms with Gasteiger partial charge in [0.15, 0.2) is 0 Å². The Bertz CT molecular complexity index is 795. The largest absolute Gasteiger partial charge is 0.373 e. The molecule has 2 aromatic rings. The van der Waals surface area contributed by atoms with Crippen LogP contribution in [0.4, 0.5) is 4.39 Å². The van der Waals surface area contributed by atoms with E-state index in [0.717, 1.165) is 42.9 Å². The number of hydrogen-bond acceptors (Lipinski definition) is 2. The van der Waals surface area contributed by atoms with Crippen molar-refractivity contribution in [3.8, 4) is 11.1 Å². The fraction of sp³-hybridized carbons (Fsp3) is 0.391. The van der Waals surface area contributed by atoms with Crippen molar-refractivity contribution < 1.29 is 4.39 Å². The van der Waals surface area contributed by atoms with E-state index in [-0.39, 0.29) is 5.82 Å². The van der Waals surface area contributed by atoms with Crippen LogP contribution in [0.15, 0.2) is 60.9 Å². The van der Waals surface area contributed by atoms with Crippen molar-refractivity contribution in [3.05, 3.63) is 72.3 Å². The fourth-order valence-electron chi connectivity index (χ4n) is 4.34. The maximum atomic E-state index is 15.2. The quantitative estimate of drug-likeness (QED) is 0.791. The van der Waals surface area contributed by atoms with Gasteiger partial charge in [-0.2, -0.15) is 0 Å². The molecule has 1 saturated heterocycles. The van der Waals surface area contributed by atoms with Crippen molar-refractivity contribution in [2.45, 2.75) is 38.6 Å². The number of nitrogens with zero attached hydrogens (tertiary/aromatic N) is 1. The molecule has 136 valence electrons. The number of likely N-dealkylation sites (tertiary alicyclic amines) is 1. The normalized spacial score (nSPS) is 20.4. The Morgan fingerprint density at radius 1 is 1.19 bits per heavy atom. The zero-order valence-corrected chi connectivity index (χ0v) is 15.5. The first kappa shape index (κ1) is 17.1. The van der Waals surface area contributed by atoms with E-state index in [4.69, 9.17) is 0 Å². The molecule has 0 aromatic heterocycles. The monoisotopic (exact) mass is 350 g/mol. The summed E-state index contributed by atoms with van der Waals surface area (Å²) in [4.78, 5) is 2.38. The Morgan fingerprint density at radius 2 is 1.96 bits per heavy atom. The molecule has 0 radical (unpaired) electrons. The topological polar surface area (TPSA) is 15.3 Å². The summed E-state index contributed by atoms with van der Waals surface area (Å²) >= 11 is 0. The third kappa shape index (κ3) is 3.23. The van der Waals surface area contributed by atoms with Gasteiger partial charge in [0.1, 0.15) is 5.82 Å². The molecule has 2 fully saturated rings. The predicted molar refractivity (Wildman–Crippen MR) is 105 cm³/mol. The van der Waals surface area contributed by atoms with E-state index in [1.165, 1.54) is 12.8 Å². The van der Waals surface area contributed by atoms with E-state index in [1.54, 1.807) is 0 Å². The maximum Gasteiger partial charge on any atom is 0.134 e. The van der Waals surface area contributed by atoms with Gasteiger partial charge in [-0.25, -0.2) is 4.39 Å². The molecule has 0 bridgehead atoms. The molecule has 1 atom stereocenters. The molecule has 0 amide bonds. The molecular formula is C23H27FN2. The number of hydrogen-bond donors (Lipinski definition) is 1. The van der Waals surface area contributed by atoms with Gasteiger partial charge in [0.25, 0.3) is 0 Å². The van der Waals surface area contributed by atoms with E-state index in [2.05, 4.69) is 23.7 Å². The fourth-order valence-corrected chi connectivity index (χ4v) is 4.34. The maximum absolute atomic E-state index is 15.2. The third-order valence-electron chi connectivity index (χ3n) is 5.92. The highest BCUT2D eigenvalue weighted by Gasteiger charge is 2.52. The molecule has 1 N–H and O–H groups in total. The van der Waals surface area contributed by atoms with Crippen molar-refractivity contribution >= 4 is 0 Å². The van der Waals surface area contributed by atoms with Crippen LogP contribution in [0.2, 0.25) is 0 Å². The summed E-state index contributed by atoms with van der Waals surface area (Å²) < 4.78 is 15.2. The minimum atomic E-state index is -0.0792. The van der Waals surface area contributed by atoms with Crippen LogP contribution in [0.25, 0.3) is 11.1 Å². The van der Waals surface area contributed by atoms with Crippen molar-refractivity contribution in [2.24, 2.45) is 5.41 Å². The first-order valence-electron chi connectivity index (χ1n) is 9.64. The Balaban J connectivity index is 1.59. The van der Waals surface area contributed by atoms with Crippen LogP contribution in [0.3, 0.4) is 0 Å². The summed E-state index contributed by atoms with van der Waals surface area (Å²) in [6.45, 7) is 8.24. The van der Waals surface area contributed by atoms with Gasteiger partial charge in [0.05, 0.1) is 5.82 Å². The zero-order chi connectivity index (χ0) is 18.1. The van der Waals surface area contributed by atoms with Crippen molar-refractivity contribution in [1.29, 1.82) is 0 Å². The van der Waals surface area contributed by atoms with Gasteiger partial charge in [-0.3, -0.25) is 0 Å². The van der Waals surface area contributed by atoms with Gasteiger partial charge in [-0.15, -0.1) is 0 Å². The van der Waals surface area contributed by atoms with Gasteiger partial charge in [0, 0.05) is 24.7 Å². The third-order valence-corrected chi connectivity index (χ3v) is 5.92. The molecule has 2 aromatic carbocycles. The molecule has 1 heterocycles. The Labute approximate surface area is 155 Å². The summed E-state index contributed by atoms with van der Waals surface area (Å²) in [5, 5.41) is 3.36. The lowest BCUT2D eigenvalue weighted by Gasteiger charge is -2.29. The molecule has 2 aliphatic rings. The molecule has 1 aliphatic carbocycles. The minimum absolute atomic E-state index is 0.0792. The molecule has 1 spiro atoms. The van der Waals surface area contributed by atoms with Gasteiger partial charge in [-0.05, 0) is 49.1 Å². The number of rotatable bonds is 6. The van der Waals surface area contributed by atoms with Gasteiger partial charge < -0.3 is 10.2 Å². The van der Waals surface area contributed by atoms with Gasteiger partial charge in [-0.1, -0.05) is 55.1 Å². The first-order chi connectivity index (χ1) is 12.6. The van der Waals surface area contributed by atoms with Gasteiger partial charge in [0.2, 0.25) is 0 Å². The van der Waals surface area contributed by atoms with Crippen LogP contribution in [-0.4, -0.2) is 24.0 Å². The highest BCUT2D eigenvalue weighted by molar-refractivity contribution is 5.65. The first-order valence-corrected chi connectivity index (χ1v) is 9.64. The standard InChI is InChI=1S/C23H27FN2/c1-3-25-17(2)26-16-23(12-13-23)15-20(26)14-19-10-7-11-21(22(19)24)18-8-5-4-6-9-18/h4-11,20,25H,2-3,12-16H2,1H3/t20-/m0/s1. The van der Waals surface area contributed by atoms with Crippen LogP contribution >= 0.6 is 0 Å². The number of benzene rings is 2. The molecule has 3 heteroatoms. The average molecular weight is 350 g/mol. The number of nitrogens with one attached hydrogen (secondary N) is 1. The Morgan fingerprint density at radius 3 is 2.65 bits per heavy atom. The second kappa shape index (κ2) is 6.79. The van der Waals surface area contributed by atoms with Crippen LogP contribution in [-0.2, 0) is 6.42 Å². The average Bonchev–Trinajstić information content (AvgIpc) is 3.30. The molecule has 0 unspecified atom stereocenters. The summed E-state index contributed by atoms with van der Waals surface area (Å²) in [7, 11) is 0. The van der Waals surface area contributed by atoms with Gasteiger partial charge >= 0.3 is 0 Å². The lowest BCUT2D eigenvalue weighted by molar-refractivity contribution is 0.293.